The fourth-order valence-corrected chi connectivity index (χ4v) is 11.0. The van der Waals surface area contributed by atoms with Crippen LogP contribution >= 0.6 is 0 Å². The molecule has 30 heteroatoms. The zero-order chi connectivity index (χ0) is 71.0. The zero-order valence-electron chi connectivity index (χ0n) is 56.1. The molecule has 536 valence electrons. The highest BCUT2D eigenvalue weighted by Crippen LogP contribution is 2.15. The van der Waals surface area contributed by atoms with Gasteiger partial charge < -0.3 is 78.7 Å². The summed E-state index contributed by atoms with van der Waals surface area (Å²) in [4.78, 5) is 164. The van der Waals surface area contributed by atoms with Gasteiger partial charge in [0.2, 0.25) is 53.7 Å². The molecule has 1 aliphatic heterocycles. The quantitative estimate of drug-likeness (QED) is 0.0292. The van der Waals surface area contributed by atoms with Gasteiger partial charge in [-0.15, -0.1) is 0 Å². The summed E-state index contributed by atoms with van der Waals surface area (Å²) in [6.45, 7) is 9.49. The summed E-state index contributed by atoms with van der Waals surface area (Å²) in [6.07, 6.45) is 5.07. The number of benzene rings is 2. The van der Waals surface area contributed by atoms with Crippen LogP contribution in [0.15, 0.2) is 54.6 Å². The van der Waals surface area contributed by atoms with E-state index in [1.54, 1.807) is 45.0 Å². The van der Waals surface area contributed by atoms with E-state index in [4.69, 9.17) is 5.73 Å². The van der Waals surface area contributed by atoms with Gasteiger partial charge in [0.15, 0.2) is 0 Å². The molecule has 0 unspecified atom stereocenters. The fraction of sp³-hybridized carbons (Fsp3) is 0.636. The number of unbranched alkanes of at least 4 members (excludes halogenated alkanes) is 3. The summed E-state index contributed by atoms with van der Waals surface area (Å²) in [5.74, 6) is -8.90. The van der Waals surface area contributed by atoms with Gasteiger partial charge >= 0.3 is 17.9 Å². The van der Waals surface area contributed by atoms with Crippen molar-refractivity contribution in [2.45, 2.75) is 173 Å². The van der Waals surface area contributed by atoms with E-state index in [-0.39, 0.29) is 89.2 Å². The molecule has 1 aliphatic rings. The van der Waals surface area contributed by atoms with Gasteiger partial charge in [-0.1, -0.05) is 95.8 Å². The number of amides is 9. The minimum atomic E-state index is -1.38. The van der Waals surface area contributed by atoms with Crippen LogP contribution in [-0.2, 0) is 70.4 Å². The van der Waals surface area contributed by atoms with Gasteiger partial charge in [-0.2, -0.15) is 0 Å². The third kappa shape index (κ3) is 33.9. The molecule has 0 spiro atoms. The van der Waals surface area contributed by atoms with Gasteiger partial charge in [-0.25, -0.2) is 0 Å². The molecule has 1 saturated heterocycles. The van der Waals surface area contributed by atoms with Crippen LogP contribution < -0.4 is 48.3 Å². The highest BCUT2D eigenvalue weighted by molar-refractivity contribution is 5.97. The Labute approximate surface area is 562 Å². The summed E-state index contributed by atoms with van der Waals surface area (Å²) in [6, 6.07) is 6.20. The highest BCUT2D eigenvalue weighted by atomic mass is 16.4. The number of aliphatic hydroxyl groups excluding tert-OH is 1. The molecule has 30 nitrogen and oxygen atoms in total. The van der Waals surface area contributed by atoms with Crippen molar-refractivity contribution >= 4 is 71.6 Å². The Balaban J connectivity index is 1.68. The summed E-state index contributed by atoms with van der Waals surface area (Å²) < 4.78 is 0. The van der Waals surface area contributed by atoms with Crippen molar-refractivity contribution in [1.82, 2.24) is 62.1 Å². The largest absolute Gasteiger partial charge is 0.508 e. The Morgan fingerprint density at radius 1 is 0.500 bits per heavy atom. The number of hydrogen-bond donors (Lipinski definition) is 14. The molecule has 7 atom stereocenters. The van der Waals surface area contributed by atoms with E-state index in [0.29, 0.717) is 121 Å². The monoisotopic (exact) mass is 1350 g/mol. The SMILES string of the molecule is CCCC[C@H](NC=O)C(=O)N[C@@H](CC(C)C)C(=O)N[C@@H](Cc1ccccc1)C(=O)N[C@@H](CCCC)C(=O)N[C@@H](Cc1ccc(O)cc1)C(=O)N[C@@H](CCCCNC(=O)[C@H](CO)NC(=O)CCCN1CCCN(CC(=O)O)CCN(CC(=O)O)CCCN(CC(=O)O)CC1)C(N)=O. The first-order valence-corrected chi connectivity index (χ1v) is 33.4. The van der Waals surface area contributed by atoms with Gasteiger partial charge in [0.05, 0.1) is 26.2 Å². The number of hydrogen-bond acceptors (Lipinski definition) is 18. The number of rotatable bonds is 43. The number of aromatic hydroxyl groups is 1. The molecular formula is C66H105N13O17. The number of aliphatic hydroxyl groups is 1. The van der Waals surface area contributed by atoms with Crippen molar-refractivity contribution in [3.63, 3.8) is 0 Å². The van der Waals surface area contributed by atoms with Crippen molar-refractivity contribution in [2.75, 3.05) is 91.7 Å². The van der Waals surface area contributed by atoms with Crippen molar-refractivity contribution in [3.8, 4) is 5.75 Å². The van der Waals surface area contributed by atoms with E-state index in [9.17, 15) is 83.1 Å². The molecule has 0 saturated carbocycles. The molecule has 0 radical (unpaired) electrons. The average Bonchev–Trinajstić information content (AvgIpc) is 0.970. The molecule has 2 aromatic carbocycles. The van der Waals surface area contributed by atoms with E-state index in [1.807, 2.05) is 32.6 Å². The van der Waals surface area contributed by atoms with Gasteiger partial charge in [0.1, 0.15) is 48.0 Å². The Hall–Kier alpha value is -8.32. The third-order valence-corrected chi connectivity index (χ3v) is 16.2. The summed E-state index contributed by atoms with van der Waals surface area (Å²) in [5.41, 5.74) is 6.98. The predicted octanol–water partition coefficient (Wildman–Crippen LogP) is -0.573. The number of carboxylic acids is 3. The van der Waals surface area contributed by atoms with E-state index in [0.717, 1.165) is 6.42 Å². The summed E-state index contributed by atoms with van der Waals surface area (Å²) >= 11 is 0. The second-order valence-corrected chi connectivity index (χ2v) is 24.8. The molecule has 0 bridgehead atoms. The van der Waals surface area contributed by atoms with E-state index < -0.39 is 114 Å². The average molecular weight is 1350 g/mol. The van der Waals surface area contributed by atoms with Crippen LogP contribution in [0.3, 0.4) is 0 Å². The van der Waals surface area contributed by atoms with Crippen molar-refractivity contribution in [1.29, 1.82) is 0 Å². The molecule has 0 aliphatic carbocycles. The highest BCUT2D eigenvalue weighted by Gasteiger charge is 2.34. The lowest BCUT2D eigenvalue weighted by Gasteiger charge is -2.30. The van der Waals surface area contributed by atoms with Gasteiger partial charge in [0, 0.05) is 71.6 Å². The number of phenols is 1. The van der Waals surface area contributed by atoms with Gasteiger partial charge in [-0.3, -0.25) is 72.2 Å². The molecule has 15 N–H and O–H groups in total. The van der Waals surface area contributed by atoms with Crippen LogP contribution in [0.2, 0.25) is 0 Å². The van der Waals surface area contributed by atoms with Crippen molar-refractivity contribution in [3.05, 3.63) is 65.7 Å². The molecule has 3 rings (SSSR count). The minimum absolute atomic E-state index is 0.0139. The number of nitrogens with two attached hydrogens (primary N) is 1. The summed E-state index contributed by atoms with van der Waals surface area (Å²) in [7, 11) is 0. The van der Waals surface area contributed by atoms with Crippen LogP contribution in [0, 0.1) is 5.92 Å². The first-order valence-electron chi connectivity index (χ1n) is 33.4. The number of phenolic OH excluding ortho intramolecular Hbond substituents is 1. The number of carbonyl (C=O) groups excluding carboxylic acids is 9. The second kappa shape index (κ2) is 45.9. The topological polar surface area (TPSA) is 441 Å². The molecule has 1 fully saturated rings. The zero-order valence-corrected chi connectivity index (χ0v) is 56.1. The van der Waals surface area contributed by atoms with E-state index >= 15 is 0 Å². The van der Waals surface area contributed by atoms with E-state index in [1.165, 1.54) is 24.3 Å². The van der Waals surface area contributed by atoms with Crippen LogP contribution in [0.1, 0.15) is 129 Å². The number of nitrogens with zero attached hydrogens (tertiary/aromatic N) is 4. The van der Waals surface area contributed by atoms with Crippen molar-refractivity contribution in [2.24, 2.45) is 11.7 Å². The van der Waals surface area contributed by atoms with Gasteiger partial charge in [0.25, 0.3) is 0 Å². The summed E-state index contributed by atoms with van der Waals surface area (Å²) in [5, 5.41) is 70.3. The molecular weight excluding hydrogens is 1250 g/mol. The number of carbonyl (C=O) groups is 12. The first kappa shape index (κ1) is 81.9. The maximum atomic E-state index is 14.5. The molecule has 9 amide bonds. The predicted molar refractivity (Wildman–Crippen MR) is 355 cm³/mol. The Morgan fingerprint density at radius 3 is 1.43 bits per heavy atom. The maximum absolute atomic E-state index is 14.5. The van der Waals surface area contributed by atoms with Crippen LogP contribution in [0.5, 0.6) is 5.75 Å². The molecule has 0 aromatic heterocycles. The molecule has 96 heavy (non-hydrogen) atoms. The standard InChI is InChI=1S/C66H105N13O17/c1-5-7-19-50(69-44-81)62(92)73-52(37-45(3)4)64(94)75-53(38-46-17-10-9-11-18-46)66(96)72-51(20-8-6-2)63(93)74-54(39-47-23-25-48(82)26-24-47)65(95)71-49(60(67)90)21-12-13-27-68-61(91)55(43-80)70-56(83)22-14-28-76-29-15-30-78(41-58(86)87)35-36-79(42-59(88)89)32-16-31-77(34-33-76)40-57(84)85/h9-11,17-18,23-26,44-45,49-55,80,82H,5-8,12-16,19-22,27-43H2,1-4H3,(H2,67,90)(H,68,91)(H,69,81)(H,70,83)(H,71,95)(H,72,96)(H,73,92)(H,74,93)(H,75,94)(H,84,85)(H,86,87)(H,88,89)/t49-,50-,51-,52-,53-,54-,55-/m0/s1. The second-order valence-electron chi connectivity index (χ2n) is 24.8. The van der Waals surface area contributed by atoms with Crippen LogP contribution in [0.25, 0.3) is 0 Å². The fourth-order valence-electron chi connectivity index (χ4n) is 11.0. The number of carboxylic acid groups (broad SMARTS) is 3. The minimum Gasteiger partial charge on any atom is -0.508 e. The van der Waals surface area contributed by atoms with Gasteiger partial charge in [-0.05, 0) is 100 Å². The normalized spacial score (nSPS) is 16.1. The Bertz CT molecular complexity index is 2770. The smallest absolute Gasteiger partial charge is 0.317 e. The van der Waals surface area contributed by atoms with Crippen LogP contribution in [0.4, 0.5) is 0 Å². The molecule has 2 aromatic rings. The number of nitrogens with one attached hydrogen (secondary N) is 8. The van der Waals surface area contributed by atoms with E-state index in [2.05, 4.69) is 42.5 Å². The molecule has 1 heterocycles. The number of aliphatic carboxylic acids is 3. The van der Waals surface area contributed by atoms with Crippen molar-refractivity contribution < 1.29 is 83.1 Å². The Kier molecular flexibility index (Phi) is 39.2. The first-order chi connectivity index (χ1) is 45.8. The number of primary amides is 1. The maximum Gasteiger partial charge on any atom is 0.317 e. The lowest BCUT2D eigenvalue weighted by Crippen LogP contribution is -2.60. The lowest BCUT2D eigenvalue weighted by atomic mass is 9.99. The lowest BCUT2D eigenvalue weighted by molar-refractivity contribution is -0.140. The Morgan fingerprint density at radius 2 is 0.938 bits per heavy atom. The van der Waals surface area contributed by atoms with Crippen LogP contribution in [-0.4, -0.2) is 251 Å². The third-order valence-electron chi connectivity index (χ3n) is 16.2.